The number of rotatable bonds is 10. The molecule has 2 unspecified atom stereocenters. The van der Waals surface area contributed by atoms with Crippen LogP contribution in [-0.4, -0.2) is 29.8 Å². The Hall–Kier alpha value is -1.75. The second-order valence-electron chi connectivity index (χ2n) is 6.51. The molecule has 0 heterocycles. The molecule has 5 heteroatoms. The molecule has 23 heavy (non-hydrogen) atoms. The fraction of sp³-hybridized carbons (Fsp3) is 0.611. The highest BCUT2D eigenvalue weighted by Gasteiger charge is 2.20. The maximum Gasteiger partial charge on any atom is 0.320 e. The molecule has 0 saturated heterocycles. The molecule has 1 aromatic carbocycles. The summed E-state index contributed by atoms with van der Waals surface area (Å²) in [5, 5.41) is 12.5. The number of nitrogens with two attached hydrogens (primary N) is 1. The molecule has 0 aliphatic rings. The lowest BCUT2D eigenvalue weighted by atomic mass is 10.0. The van der Waals surface area contributed by atoms with Crippen molar-refractivity contribution in [2.24, 2.45) is 5.92 Å². The summed E-state index contributed by atoms with van der Waals surface area (Å²) in [6.07, 6.45) is 2.28. The molecular formula is C18H30N2O3. The van der Waals surface area contributed by atoms with Gasteiger partial charge >= 0.3 is 5.97 Å². The third kappa shape index (κ3) is 6.91. The highest BCUT2D eigenvalue weighted by Crippen LogP contribution is 2.23. The average Bonchev–Trinajstić information content (AvgIpc) is 2.45. The first-order chi connectivity index (χ1) is 10.8. The number of aliphatic carboxylic acids is 1. The van der Waals surface area contributed by atoms with Crippen LogP contribution in [0, 0.1) is 5.92 Å². The minimum absolute atomic E-state index is 0.0525. The number of hydrogen-bond acceptors (Lipinski definition) is 4. The Bertz CT molecular complexity index is 503. The second kappa shape index (κ2) is 9.40. The van der Waals surface area contributed by atoms with Crippen LogP contribution in [0.2, 0.25) is 0 Å². The molecule has 0 amide bonds. The summed E-state index contributed by atoms with van der Waals surface area (Å²) < 4.78 is 5.57. The maximum absolute atomic E-state index is 11.3. The van der Waals surface area contributed by atoms with Gasteiger partial charge in [-0.1, -0.05) is 26.8 Å². The minimum Gasteiger partial charge on any atom is -0.491 e. The van der Waals surface area contributed by atoms with Crippen molar-refractivity contribution in [2.45, 2.75) is 59.0 Å². The number of nitrogens with one attached hydrogen (secondary N) is 1. The van der Waals surface area contributed by atoms with E-state index in [1.807, 2.05) is 45.9 Å². The highest BCUT2D eigenvalue weighted by atomic mass is 16.5. The normalized spacial score (nSPS) is 13.8. The fourth-order valence-corrected chi connectivity index (χ4v) is 2.54. The van der Waals surface area contributed by atoms with E-state index in [9.17, 15) is 9.90 Å². The van der Waals surface area contributed by atoms with E-state index in [1.54, 1.807) is 0 Å². The monoisotopic (exact) mass is 322 g/mol. The molecule has 0 spiro atoms. The lowest BCUT2D eigenvalue weighted by Gasteiger charge is -2.22. The molecule has 0 fully saturated rings. The number of carbonyl (C=O) groups is 1. The van der Waals surface area contributed by atoms with Gasteiger partial charge in [0.15, 0.2) is 0 Å². The molecule has 1 aromatic rings. The quantitative estimate of drug-likeness (QED) is 0.576. The van der Waals surface area contributed by atoms with Gasteiger partial charge in [-0.15, -0.1) is 0 Å². The molecule has 2 atom stereocenters. The maximum atomic E-state index is 11.3. The first kappa shape index (κ1) is 19.3. The number of carboxylic acid groups (broad SMARTS) is 1. The summed E-state index contributed by atoms with van der Waals surface area (Å²) in [6, 6.07) is 5.31. The van der Waals surface area contributed by atoms with Gasteiger partial charge in [0, 0.05) is 6.04 Å². The van der Waals surface area contributed by atoms with E-state index in [0.29, 0.717) is 30.4 Å². The van der Waals surface area contributed by atoms with Crippen molar-refractivity contribution in [3.05, 3.63) is 23.8 Å². The van der Waals surface area contributed by atoms with E-state index < -0.39 is 12.0 Å². The van der Waals surface area contributed by atoms with E-state index in [1.165, 1.54) is 0 Å². The Morgan fingerprint density at radius 2 is 2.04 bits per heavy atom. The third-order valence-electron chi connectivity index (χ3n) is 3.57. The Morgan fingerprint density at radius 1 is 1.35 bits per heavy atom. The first-order valence-corrected chi connectivity index (χ1v) is 8.33. The molecule has 0 aromatic heterocycles. The number of carboxylic acids is 1. The number of benzene rings is 1. The second-order valence-corrected chi connectivity index (χ2v) is 6.51. The van der Waals surface area contributed by atoms with Crippen molar-refractivity contribution in [1.29, 1.82) is 0 Å². The summed E-state index contributed by atoms with van der Waals surface area (Å²) >= 11 is 0. The minimum atomic E-state index is -0.798. The Balaban J connectivity index is 2.64. The molecule has 0 saturated carbocycles. The first-order valence-electron chi connectivity index (χ1n) is 8.33. The lowest BCUT2D eigenvalue weighted by Crippen LogP contribution is -2.43. The number of nitrogen functional groups attached to an aromatic ring is 1. The average molecular weight is 322 g/mol. The van der Waals surface area contributed by atoms with Gasteiger partial charge in [0.2, 0.25) is 0 Å². The summed E-state index contributed by atoms with van der Waals surface area (Å²) in [4.78, 5) is 11.3. The number of ether oxygens (including phenoxy) is 1. The van der Waals surface area contributed by atoms with Crippen LogP contribution >= 0.6 is 0 Å². The van der Waals surface area contributed by atoms with Gasteiger partial charge in [-0.05, 0) is 49.8 Å². The summed E-state index contributed by atoms with van der Waals surface area (Å²) in [7, 11) is 0. The Labute approximate surface area is 139 Å². The number of anilines is 1. The predicted molar refractivity (Wildman–Crippen MR) is 93.8 cm³/mol. The van der Waals surface area contributed by atoms with Crippen molar-refractivity contribution in [2.75, 3.05) is 12.3 Å². The van der Waals surface area contributed by atoms with Gasteiger partial charge in [-0.2, -0.15) is 0 Å². The molecule has 130 valence electrons. The van der Waals surface area contributed by atoms with Crippen molar-refractivity contribution < 1.29 is 14.6 Å². The molecule has 5 nitrogen and oxygen atoms in total. The zero-order valence-corrected chi connectivity index (χ0v) is 14.6. The van der Waals surface area contributed by atoms with Crippen LogP contribution in [0.25, 0.3) is 0 Å². The molecule has 0 aliphatic heterocycles. The molecule has 0 bridgehead atoms. The van der Waals surface area contributed by atoms with Crippen molar-refractivity contribution in [1.82, 2.24) is 5.32 Å². The fourth-order valence-electron chi connectivity index (χ4n) is 2.54. The van der Waals surface area contributed by atoms with Crippen LogP contribution in [0.1, 0.15) is 46.1 Å². The molecule has 1 rings (SSSR count). The molecular weight excluding hydrogens is 292 g/mol. The van der Waals surface area contributed by atoms with E-state index in [2.05, 4.69) is 5.32 Å². The van der Waals surface area contributed by atoms with Gasteiger partial charge in [0.1, 0.15) is 11.8 Å². The number of hydrogen-bond donors (Lipinski definition) is 3. The molecule has 4 N–H and O–H groups in total. The lowest BCUT2D eigenvalue weighted by molar-refractivity contribution is -0.140. The van der Waals surface area contributed by atoms with Crippen LogP contribution in [0.15, 0.2) is 18.2 Å². The topological polar surface area (TPSA) is 84.6 Å². The van der Waals surface area contributed by atoms with Crippen molar-refractivity contribution in [3.8, 4) is 5.75 Å². The van der Waals surface area contributed by atoms with Gasteiger partial charge in [0.05, 0.1) is 12.3 Å². The van der Waals surface area contributed by atoms with Crippen molar-refractivity contribution in [3.63, 3.8) is 0 Å². The molecule has 0 radical (unpaired) electrons. The van der Waals surface area contributed by atoms with Crippen LogP contribution in [0.4, 0.5) is 5.69 Å². The molecule has 0 aliphatic carbocycles. The van der Waals surface area contributed by atoms with E-state index in [-0.39, 0.29) is 6.04 Å². The summed E-state index contributed by atoms with van der Waals surface area (Å²) in [6.45, 7) is 8.74. The van der Waals surface area contributed by atoms with E-state index in [4.69, 9.17) is 10.5 Å². The largest absolute Gasteiger partial charge is 0.491 e. The highest BCUT2D eigenvalue weighted by molar-refractivity contribution is 5.73. The predicted octanol–water partition coefficient (Wildman–Crippen LogP) is 3.08. The summed E-state index contributed by atoms with van der Waals surface area (Å²) in [5.74, 6) is 0.245. The van der Waals surface area contributed by atoms with E-state index >= 15 is 0 Å². The zero-order chi connectivity index (χ0) is 17.4. The Kier molecular flexibility index (Phi) is 7.89. The van der Waals surface area contributed by atoms with Gasteiger partial charge < -0.3 is 20.9 Å². The third-order valence-corrected chi connectivity index (χ3v) is 3.57. The van der Waals surface area contributed by atoms with Crippen LogP contribution in [-0.2, 0) is 11.2 Å². The van der Waals surface area contributed by atoms with Gasteiger partial charge in [-0.3, -0.25) is 4.79 Å². The van der Waals surface area contributed by atoms with Crippen LogP contribution < -0.4 is 15.8 Å². The van der Waals surface area contributed by atoms with Gasteiger partial charge in [-0.25, -0.2) is 0 Å². The van der Waals surface area contributed by atoms with Crippen LogP contribution in [0.5, 0.6) is 5.75 Å². The van der Waals surface area contributed by atoms with Crippen LogP contribution in [0.3, 0.4) is 0 Å². The van der Waals surface area contributed by atoms with Gasteiger partial charge in [0.25, 0.3) is 0 Å². The Morgan fingerprint density at radius 3 is 2.57 bits per heavy atom. The van der Waals surface area contributed by atoms with Crippen molar-refractivity contribution >= 4 is 11.7 Å². The van der Waals surface area contributed by atoms with E-state index in [0.717, 1.165) is 18.4 Å². The smallest absolute Gasteiger partial charge is 0.320 e. The SMILES string of the molecule is CCCOc1ccc(CC(C)NC(CC(C)C)C(=O)O)cc1N. The summed E-state index contributed by atoms with van der Waals surface area (Å²) in [5.41, 5.74) is 7.71. The zero-order valence-electron chi connectivity index (χ0n) is 14.6. The standard InChI is InChI=1S/C18H30N2O3/c1-5-8-23-17-7-6-14(11-15(17)19)10-13(4)20-16(18(21)22)9-12(2)3/h6-7,11-13,16,20H,5,8-10,19H2,1-4H3,(H,21,22).